The second-order valence-electron chi connectivity index (χ2n) is 3.47. The van der Waals surface area contributed by atoms with Crippen LogP contribution in [0.1, 0.15) is 18.4 Å². The van der Waals surface area contributed by atoms with E-state index in [-0.39, 0.29) is 5.56 Å². The van der Waals surface area contributed by atoms with E-state index >= 15 is 0 Å². The first-order valence-electron chi connectivity index (χ1n) is 4.22. The van der Waals surface area contributed by atoms with E-state index in [0.717, 1.165) is 0 Å². The Morgan fingerprint density at radius 1 is 1.14 bits per heavy atom. The van der Waals surface area contributed by atoms with Crippen LogP contribution >= 0.6 is 0 Å². The Hall–Kier alpha value is -1.43. The van der Waals surface area contributed by atoms with E-state index in [1.807, 2.05) is 0 Å². The monoisotopic (exact) mass is 196 g/mol. The third-order valence-electron chi connectivity index (χ3n) is 2.51. The lowest BCUT2D eigenvalue weighted by Gasteiger charge is -2.10. The van der Waals surface area contributed by atoms with E-state index in [2.05, 4.69) is 5.92 Å². The summed E-state index contributed by atoms with van der Waals surface area (Å²) in [7, 11) is 0. The smallest absolute Gasteiger partial charge is 0.133 e. The van der Waals surface area contributed by atoms with Crippen molar-refractivity contribution in [3.8, 4) is 12.3 Å². The zero-order valence-electron chi connectivity index (χ0n) is 7.28. The summed E-state index contributed by atoms with van der Waals surface area (Å²) in [6, 6.07) is 1.33. The van der Waals surface area contributed by atoms with E-state index in [0.29, 0.717) is 25.0 Å². The standard InChI is InChI=1S/C11H7F3/c1-2-11(3-4-11)10-8(13)5-7(12)6-9(10)14/h1,5-6H,3-4H2. The second kappa shape index (κ2) is 2.78. The minimum atomic E-state index is -0.920. The molecule has 3 heteroatoms. The molecule has 0 radical (unpaired) electrons. The lowest BCUT2D eigenvalue weighted by atomic mass is 9.96. The molecule has 0 atom stereocenters. The number of terminal acetylenes is 1. The van der Waals surface area contributed by atoms with Crippen LogP contribution in [-0.2, 0) is 5.41 Å². The van der Waals surface area contributed by atoms with Gasteiger partial charge in [-0.2, -0.15) is 0 Å². The van der Waals surface area contributed by atoms with Gasteiger partial charge in [0.2, 0.25) is 0 Å². The molecular formula is C11H7F3. The molecular weight excluding hydrogens is 189 g/mol. The van der Waals surface area contributed by atoms with Crippen LogP contribution in [0.25, 0.3) is 0 Å². The zero-order valence-corrected chi connectivity index (χ0v) is 7.28. The molecule has 72 valence electrons. The summed E-state index contributed by atoms with van der Waals surface area (Å²) in [6.45, 7) is 0. The third-order valence-corrected chi connectivity index (χ3v) is 2.51. The molecule has 0 N–H and O–H groups in total. The number of rotatable bonds is 1. The predicted molar refractivity (Wildman–Crippen MR) is 46.1 cm³/mol. The van der Waals surface area contributed by atoms with Crippen molar-refractivity contribution in [3.63, 3.8) is 0 Å². The molecule has 0 bridgehead atoms. The van der Waals surface area contributed by atoms with Gasteiger partial charge in [0.15, 0.2) is 0 Å². The molecule has 0 heterocycles. The highest BCUT2D eigenvalue weighted by molar-refractivity contribution is 5.42. The van der Waals surface area contributed by atoms with Crippen molar-refractivity contribution < 1.29 is 13.2 Å². The summed E-state index contributed by atoms with van der Waals surface area (Å²) in [4.78, 5) is 0. The largest absolute Gasteiger partial charge is 0.207 e. The molecule has 1 aromatic carbocycles. The number of hydrogen-bond donors (Lipinski definition) is 0. The van der Waals surface area contributed by atoms with Crippen molar-refractivity contribution in [2.75, 3.05) is 0 Å². The summed E-state index contributed by atoms with van der Waals surface area (Å²) in [5.74, 6) is -0.334. The van der Waals surface area contributed by atoms with E-state index < -0.39 is 22.9 Å². The molecule has 0 aliphatic heterocycles. The maximum absolute atomic E-state index is 13.3. The quantitative estimate of drug-likeness (QED) is 0.606. The van der Waals surface area contributed by atoms with Gasteiger partial charge in [-0.05, 0) is 12.8 Å². The lowest BCUT2D eigenvalue weighted by Crippen LogP contribution is -2.09. The van der Waals surface area contributed by atoms with E-state index in [4.69, 9.17) is 6.42 Å². The molecule has 0 amide bonds. The topological polar surface area (TPSA) is 0 Å². The molecule has 0 aromatic heterocycles. The second-order valence-corrected chi connectivity index (χ2v) is 3.47. The lowest BCUT2D eigenvalue weighted by molar-refractivity contribution is 0.515. The Bertz CT molecular complexity index is 402. The average Bonchev–Trinajstić information content (AvgIpc) is 2.83. The molecule has 14 heavy (non-hydrogen) atoms. The zero-order chi connectivity index (χ0) is 10.3. The number of hydrogen-bond acceptors (Lipinski definition) is 0. The van der Waals surface area contributed by atoms with Crippen molar-refractivity contribution in [2.24, 2.45) is 0 Å². The molecule has 1 aliphatic rings. The van der Waals surface area contributed by atoms with Crippen molar-refractivity contribution in [1.29, 1.82) is 0 Å². The molecule has 2 rings (SSSR count). The van der Waals surface area contributed by atoms with E-state index in [1.54, 1.807) is 0 Å². The van der Waals surface area contributed by atoms with Crippen LogP contribution in [0, 0.1) is 29.8 Å². The van der Waals surface area contributed by atoms with Gasteiger partial charge in [0, 0.05) is 17.7 Å². The number of benzene rings is 1. The molecule has 0 unspecified atom stereocenters. The summed E-state index contributed by atoms with van der Waals surface area (Å²) in [5, 5.41) is 0. The summed E-state index contributed by atoms with van der Waals surface area (Å²) >= 11 is 0. The molecule has 0 nitrogen and oxygen atoms in total. The fraction of sp³-hybridized carbons (Fsp3) is 0.273. The summed E-state index contributed by atoms with van der Waals surface area (Å²) < 4.78 is 39.1. The molecule has 1 fully saturated rings. The van der Waals surface area contributed by atoms with Crippen molar-refractivity contribution in [1.82, 2.24) is 0 Å². The van der Waals surface area contributed by atoms with Gasteiger partial charge < -0.3 is 0 Å². The Morgan fingerprint density at radius 3 is 2.00 bits per heavy atom. The van der Waals surface area contributed by atoms with Gasteiger partial charge in [0.05, 0.1) is 5.41 Å². The van der Waals surface area contributed by atoms with Crippen LogP contribution in [-0.4, -0.2) is 0 Å². The first-order chi connectivity index (χ1) is 6.59. The Kier molecular flexibility index (Phi) is 1.81. The van der Waals surface area contributed by atoms with Gasteiger partial charge in [0.25, 0.3) is 0 Å². The highest BCUT2D eigenvalue weighted by Crippen LogP contribution is 2.49. The van der Waals surface area contributed by atoms with Gasteiger partial charge in [-0.25, -0.2) is 13.2 Å². The first-order valence-corrected chi connectivity index (χ1v) is 4.22. The average molecular weight is 196 g/mol. The van der Waals surface area contributed by atoms with Crippen molar-refractivity contribution in [3.05, 3.63) is 35.1 Å². The maximum atomic E-state index is 13.3. The Morgan fingerprint density at radius 2 is 1.64 bits per heavy atom. The highest BCUT2D eigenvalue weighted by atomic mass is 19.1. The molecule has 0 spiro atoms. The van der Waals surface area contributed by atoms with E-state index in [1.165, 1.54) is 0 Å². The fourth-order valence-corrected chi connectivity index (χ4v) is 1.59. The van der Waals surface area contributed by atoms with Gasteiger partial charge >= 0.3 is 0 Å². The summed E-state index contributed by atoms with van der Waals surface area (Å²) in [5.41, 5.74) is -0.997. The minimum Gasteiger partial charge on any atom is -0.207 e. The molecule has 0 saturated heterocycles. The van der Waals surface area contributed by atoms with Crippen LogP contribution in [0.2, 0.25) is 0 Å². The van der Waals surface area contributed by atoms with Crippen LogP contribution < -0.4 is 0 Å². The fourth-order valence-electron chi connectivity index (χ4n) is 1.59. The first kappa shape index (κ1) is 9.14. The summed E-state index contributed by atoms with van der Waals surface area (Å²) in [6.07, 6.45) is 6.32. The van der Waals surface area contributed by atoms with Gasteiger partial charge in [0.1, 0.15) is 17.5 Å². The van der Waals surface area contributed by atoms with Gasteiger partial charge in [-0.1, -0.05) is 5.92 Å². The Labute approximate surface area is 79.7 Å². The van der Waals surface area contributed by atoms with Crippen LogP contribution in [0.15, 0.2) is 12.1 Å². The minimum absolute atomic E-state index is 0.165. The van der Waals surface area contributed by atoms with Gasteiger partial charge in [-0.3, -0.25) is 0 Å². The molecule has 1 aromatic rings. The van der Waals surface area contributed by atoms with Crippen molar-refractivity contribution >= 4 is 0 Å². The highest BCUT2D eigenvalue weighted by Gasteiger charge is 2.46. The predicted octanol–water partition coefficient (Wildman–Crippen LogP) is 2.77. The van der Waals surface area contributed by atoms with Crippen LogP contribution in [0.5, 0.6) is 0 Å². The maximum Gasteiger partial charge on any atom is 0.133 e. The SMILES string of the molecule is C#CC1(c2c(F)cc(F)cc2F)CC1. The van der Waals surface area contributed by atoms with Crippen molar-refractivity contribution in [2.45, 2.75) is 18.3 Å². The van der Waals surface area contributed by atoms with Gasteiger partial charge in [-0.15, -0.1) is 6.42 Å². The molecule has 1 saturated carbocycles. The Balaban J connectivity index is 2.60. The van der Waals surface area contributed by atoms with E-state index in [9.17, 15) is 13.2 Å². The van der Waals surface area contributed by atoms with Crippen LogP contribution in [0.4, 0.5) is 13.2 Å². The normalized spacial score (nSPS) is 17.6. The molecule has 1 aliphatic carbocycles. The third kappa shape index (κ3) is 1.19. The number of halogens is 3. The van der Waals surface area contributed by atoms with Crippen LogP contribution in [0.3, 0.4) is 0 Å².